The lowest BCUT2D eigenvalue weighted by molar-refractivity contribution is -0.104. The monoisotopic (exact) mass is 97.1 g/mol. The Hall–Kier alpha value is -1.05. The van der Waals surface area contributed by atoms with Gasteiger partial charge in [-0.1, -0.05) is 12.7 Å². The Labute approximate surface area is 42.3 Å². The zero-order chi connectivity index (χ0) is 5.70. The maximum Gasteiger partial charge on any atom is 0.151 e. The number of nitrogens with two attached hydrogens (primary N) is 1. The predicted molar refractivity (Wildman–Crippen MR) is 28.5 cm³/mol. The van der Waals surface area contributed by atoms with Crippen LogP contribution in [0.25, 0.3) is 0 Å². The molecule has 0 bridgehead atoms. The molecular formula is C5H7NO. The van der Waals surface area contributed by atoms with Gasteiger partial charge < -0.3 is 5.73 Å². The maximum absolute atomic E-state index is 9.75. The SMILES string of the molecule is C=CC(C=O)=CN. The van der Waals surface area contributed by atoms with Crippen LogP contribution in [0.1, 0.15) is 0 Å². The van der Waals surface area contributed by atoms with E-state index in [0.29, 0.717) is 11.9 Å². The molecule has 0 amide bonds. The van der Waals surface area contributed by atoms with E-state index in [1.807, 2.05) is 0 Å². The lowest BCUT2D eigenvalue weighted by Gasteiger charge is -1.78. The van der Waals surface area contributed by atoms with Crippen LogP contribution in [-0.4, -0.2) is 6.29 Å². The third-order valence-electron chi connectivity index (χ3n) is 0.564. The van der Waals surface area contributed by atoms with Gasteiger partial charge in [0, 0.05) is 11.8 Å². The highest BCUT2D eigenvalue weighted by atomic mass is 16.1. The van der Waals surface area contributed by atoms with Crippen LogP contribution in [0.3, 0.4) is 0 Å². The molecule has 0 aromatic rings. The van der Waals surface area contributed by atoms with Gasteiger partial charge in [0.05, 0.1) is 0 Å². The normalized spacial score (nSPS) is 10.6. The fourth-order valence-electron chi connectivity index (χ4n) is 0.155. The first-order valence-corrected chi connectivity index (χ1v) is 1.84. The molecule has 0 atom stereocenters. The molecule has 0 spiro atoms. The van der Waals surface area contributed by atoms with Gasteiger partial charge in [-0.15, -0.1) is 0 Å². The van der Waals surface area contributed by atoms with Gasteiger partial charge in [-0.2, -0.15) is 0 Å². The number of carbonyl (C=O) groups excluding carboxylic acids is 1. The third-order valence-corrected chi connectivity index (χ3v) is 0.564. The van der Waals surface area contributed by atoms with E-state index in [9.17, 15) is 4.79 Å². The number of hydrogen-bond acceptors (Lipinski definition) is 2. The second-order valence-corrected chi connectivity index (χ2v) is 0.989. The van der Waals surface area contributed by atoms with Crippen molar-refractivity contribution in [2.45, 2.75) is 0 Å². The lowest BCUT2D eigenvalue weighted by atomic mass is 10.3. The smallest absolute Gasteiger partial charge is 0.151 e. The van der Waals surface area contributed by atoms with Gasteiger partial charge in [0.15, 0.2) is 6.29 Å². The number of hydrogen-bond donors (Lipinski definition) is 1. The highest BCUT2D eigenvalue weighted by Crippen LogP contribution is 1.82. The summed E-state index contributed by atoms with van der Waals surface area (Å²) in [5.74, 6) is 0. The first kappa shape index (κ1) is 5.95. The minimum Gasteiger partial charge on any atom is -0.404 e. The van der Waals surface area contributed by atoms with Crippen molar-refractivity contribution in [3.05, 3.63) is 24.4 Å². The second-order valence-electron chi connectivity index (χ2n) is 0.989. The van der Waals surface area contributed by atoms with Crippen molar-refractivity contribution in [3.63, 3.8) is 0 Å². The van der Waals surface area contributed by atoms with Crippen LogP contribution >= 0.6 is 0 Å². The molecule has 2 N–H and O–H groups in total. The van der Waals surface area contributed by atoms with Crippen LogP contribution in [0.2, 0.25) is 0 Å². The van der Waals surface area contributed by atoms with Gasteiger partial charge in [-0.05, 0) is 0 Å². The van der Waals surface area contributed by atoms with Gasteiger partial charge in [-0.25, -0.2) is 0 Å². The van der Waals surface area contributed by atoms with E-state index in [4.69, 9.17) is 5.73 Å². The number of aldehydes is 1. The molecule has 0 radical (unpaired) electrons. The Balaban J connectivity index is 3.85. The van der Waals surface area contributed by atoms with Crippen LogP contribution in [0, 0.1) is 0 Å². The molecule has 0 aliphatic carbocycles. The molecule has 0 aliphatic heterocycles. The molecule has 0 fully saturated rings. The van der Waals surface area contributed by atoms with Crippen molar-refractivity contribution in [3.8, 4) is 0 Å². The summed E-state index contributed by atoms with van der Waals surface area (Å²) in [6.07, 6.45) is 3.25. The predicted octanol–water partition coefficient (Wildman–Crippen LogP) is 0.214. The molecule has 0 saturated carbocycles. The van der Waals surface area contributed by atoms with E-state index in [0.717, 1.165) is 0 Å². The van der Waals surface area contributed by atoms with E-state index >= 15 is 0 Å². The summed E-state index contributed by atoms with van der Waals surface area (Å²) in [6, 6.07) is 0. The molecule has 0 saturated heterocycles. The molecule has 0 aromatic heterocycles. The Morgan fingerprint density at radius 2 is 2.29 bits per heavy atom. The van der Waals surface area contributed by atoms with Gasteiger partial charge in [0.2, 0.25) is 0 Å². The van der Waals surface area contributed by atoms with E-state index in [1.54, 1.807) is 0 Å². The van der Waals surface area contributed by atoms with Gasteiger partial charge in [-0.3, -0.25) is 4.79 Å². The third kappa shape index (κ3) is 1.76. The summed E-state index contributed by atoms with van der Waals surface area (Å²) in [5.41, 5.74) is 5.35. The van der Waals surface area contributed by atoms with E-state index in [1.165, 1.54) is 12.3 Å². The minimum atomic E-state index is 0.417. The van der Waals surface area contributed by atoms with Gasteiger partial charge in [0.1, 0.15) is 0 Å². The number of carbonyl (C=O) groups is 1. The van der Waals surface area contributed by atoms with Gasteiger partial charge >= 0.3 is 0 Å². The van der Waals surface area contributed by atoms with Crippen LogP contribution in [0.15, 0.2) is 24.4 Å². The Morgan fingerprint density at radius 3 is 2.29 bits per heavy atom. The summed E-state index contributed by atoms with van der Waals surface area (Å²) in [5, 5.41) is 0. The molecule has 2 heteroatoms. The summed E-state index contributed by atoms with van der Waals surface area (Å²) < 4.78 is 0. The van der Waals surface area contributed by atoms with Crippen LogP contribution in [-0.2, 0) is 4.79 Å². The summed E-state index contributed by atoms with van der Waals surface area (Å²) in [7, 11) is 0. The average molecular weight is 97.1 g/mol. The molecule has 0 aliphatic rings. The highest BCUT2D eigenvalue weighted by molar-refractivity contribution is 5.76. The van der Waals surface area contributed by atoms with E-state index in [-0.39, 0.29) is 0 Å². The topological polar surface area (TPSA) is 43.1 Å². The zero-order valence-electron chi connectivity index (χ0n) is 3.92. The second kappa shape index (κ2) is 3.15. The van der Waals surface area contributed by atoms with Crippen molar-refractivity contribution in [1.29, 1.82) is 0 Å². The van der Waals surface area contributed by atoms with Crippen LogP contribution in [0.4, 0.5) is 0 Å². The molecule has 7 heavy (non-hydrogen) atoms. The number of allylic oxidation sites excluding steroid dienone is 2. The van der Waals surface area contributed by atoms with Crippen molar-refractivity contribution < 1.29 is 4.79 Å². The minimum absolute atomic E-state index is 0.417. The Kier molecular flexibility index (Phi) is 2.68. The summed E-state index contributed by atoms with van der Waals surface area (Å²) >= 11 is 0. The van der Waals surface area contributed by atoms with Gasteiger partial charge in [0.25, 0.3) is 0 Å². The first-order valence-electron chi connectivity index (χ1n) is 1.84. The molecule has 0 rings (SSSR count). The fraction of sp³-hybridized carbons (Fsp3) is 0. The number of rotatable bonds is 2. The van der Waals surface area contributed by atoms with Crippen LogP contribution < -0.4 is 5.73 Å². The Bertz CT molecular complexity index is 94.6. The molecule has 0 unspecified atom stereocenters. The van der Waals surface area contributed by atoms with E-state index < -0.39 is 0 Å². The van der Waals surface area contributed by atoms with Crippen molar-refractivity contribution in [2.24, 2.45) is 5.73 Å². The van der Waals surface area contributed by atoms with Crippen molar-refractivity contribution in [1.82, 2.24) is 0 Å². The quantitative estimate of drug-likeness (QED) is 0.304. The molecule has 2 nitrogen and oxygen atoms in total. The lowest BCUT2D eigenvalue weighted by Crippen LogP contribution is -1.84. The van der Waals surface area contributed by atoms with E-state index in [2.05, 4.69) is 6.58 Å². The summed E-state index contributed by atoms with van der Waals surface area (Å²) in [6.45, 7) is 3.32. The maximum atomic E-state index is 9.75. The molecule has 0 heterocycles. The zero-order valence-corrected chi connectivity index (χ0v) is 3.92. The van der Waals surface area contributed by atoms with Crippen LogP contribution in [0.5, 0.6) is 0 Å². The average Bonchev–Trinajstić information content (AvgIpc) is 1.72. The molecule has 0 aromatic carbocycles. The molecular weight excluding hydrogens is 90.1 g/mol. The standard InChI is InChI=1S/C5H7NO/c1-2-5(3-6)4-7/h2-4H,1,6H2. The summed E-state index contributed by atoms with van der Waals surface area (Å²) in [4.78, 5) is 9.75. The largest absolute Gasteiger partial charge is 0.404 e. The van der Waals surface area contributed by atoms with Crippen molar-refractivity contribution >= 4 is 6.29 Å². The molecule has 38 valence electrons. The highest BCUT2D eigenvalue weighted by Gasteiger charge is 1.78. The Morgan fingerprint density at radius 1 is 1.71 bits per heavy atom. The van der Waals surface area contributed by atoms with Crippen molar-refractivity contribution in [2.75, 3.05) is 0 Å². The fourth-order valence-corrected chi connectivity index (χ4v) is 0.155. The first-order chi connectivity index (χ1) is 3.35.